The maximum atomic E-state index is 12.6. The SMILES string of the molecule is CC.CC.CCC(CC)CCC(C)C.CCCSCC12CCC(CC(=O)NC(CC)(CC)CO)(CC1)C2. The molecule has 2 rings (SSSR count). The van der Waals surface area contributed by atoms with E-state index in [0.717, 1.165) is 24.7 Å². The van der Waals surface area contributed by atoms with Crippen LogP contribution in [0.4, 0.5) is 0 Å². The Morgan fingerprint density at radius 1 is 0.892 bits per heavy atom. The van der Waals surface area contributed by atoms with Crippen molar-refractivity contribution < 1.29 is 9.90 Å². The minimum atomic E-state index is -0.418. The number of carbonyl (C=O) groups is 1. The van der Waals surface area contributed by atoms with Gasteiger partial charge in [0.2, 0.25) is 5.91 Å². The predicted molar refractivity (Wildman–Crippen MR) is 170 cm³/mol. The minimum Gasteiger partial charge on any atom is -0.394 e. The number of hydrogen-bond donors (Lipinski definition) is 2. The van der Waals surface area contributed by atoms with Crippen LogP contribution < -0.4 is 5.32 Å². The van der Waals surface area contributed by atoms with Gasteiger partial charge in [-0.3, -0.25) is 4.79 Å². The highest BCUT2D eigenvalue weighted by atomic mass is 32.2. The smallest absolute Gasteiger partial charge is 0.221 e. The Morgan fingerprint density at radius 2 is 1.41 bits per heavy atom. The van der Waals surface area contributed by atoms with Crippen molar-refractivity contribution in [3.8, 4) is 0 Å². The third-order valence-corrected chi connectivity index (χ3v) is 10.3. The lowest BCUT2D eigenvalue weighted by Crippen LogP contribution is -2.51. The Hall–Kier alpha value is -0.220. The number of thioether (sulfide) groups is 1. The summed E-state index contributed by atoms with van der Waals surface area (Å²) in [7, 11) is 0. The van der Waals surface area contributed by atoms with E-state index in [9.17, 15) is 9.90 Å². The first kappa shape index (κ1) is 38.9. The first-order chi connectivity index (χ1) is 17.7. The van der Waals surface area contributed by atoms with Gasteiger partial charge in [-0.15, -0.1) is 0 Å². The summed E-state index contributed by atoms with van der Waals surface area (Å²) in [5.41, 5.74) is 0.349. The zero-order valence-corrected chi connectivity index (χ0v) is 28.0. The monoisotopic (exact) mass is 544 g/mol. The summed E-state index contributed by atoms with van der Waals surface area (Å²) in [6, 6.07) is 0. The van der Waals surface area contributed by atoms with E-state index in [0.29, 0.717) is 11.8 Å². The molecule has 0 aromatic carbocycles. The van der Waals surface area contributed by atoms with Gasteiger partial charge in [0, 0.05) is 6.42 Å². The molecular weight excluding hydrogens is 474 g/mol. The standard InChI is InChI=1S/C19H35NO2S.C10H22.2C2H6/c1-4-11-23-15-18-9-7-17(13-18,8-10-18)12-16(22)20-19(5-2,6-3)14-21;1-5-10(6-2)8-7-9(3)4;2*1-2/h21H,4-15H2,1-3H3,(H,20,22);9-10H,5-8H2,1-4H3;2*1-2H3. The molecule has 3 nitrogen and oxygen atoms in total. The first-order valence-electron chi connectivity index (χ1n) is 16.2. The Kier molecular flexibility index (Phi) is 22.7. The summed E-state index contributed by atoms with van der Waals surface area (Å²) in [4.78, 5) is 12.6. The van der Waals surface area contributed by atoms with E-state index in [2.05, 4.69) is 51.7 Å². The van der Waals surface area contributed by atoms with Gasteiger partial charge in [0.05, 0.1) is 12.1 Å². The number of rotatable bonds is 15. The molecular formula is C33H69NO2S. The first-order valence-corrected chi connectivity index (χ1v) is 17.3. The van der Waals surface area contributed by atoms with Crippen molar-refractivity contribution in [2.75, 3.05) is 18.1 Å². The molecule has 2 aliphatic rings. The van der Waals surface area contributed by atoms with Gasteiger partial charge < -0.3 is 10.4 Å². The number of carbonyl (C=O) groups excluding carboxylic acids is 1. The van der Waals surface area contributed by atoms with Crippen LogP contribution in [0, 0.1) is 22.7 Å². The maximum Gasteiger partial charge on any atom is 0.221 e. The van der Waals surface area contributed by atoms with Crippen molar-refractivity contribution in [3.63, 3.8) is 0 Å². The number of aliphatic hydroxyl groups excluding tert-OH is 1. The van der Waals surface area contributed by atoms with Gasteiger partial charge >= 0.3 is 0 Å². The highest BCUT2D eigenvalue weighted by Crippen LogP contribution is 2.63. The molecule has 224 valence electrons. The minimum absolute atomic E-state index is 0.0380. The number of hydrogen-bond acceptors (Lipinski definition) is 3. The van der Waals surface area contributed by atoms with E-state index in [1.165, 1.54) is 75.7 Å². The Labute approximate surface area is 238 Å². The number of fused-ring (bicyclic) bond motifs is 2. The van der Waals surface area contributed by atoms with Crippen molar-refractivity contribution in [1.82, 2.24) is 5.32 Å². The molecule has 2 saturated carbocycles. The van der Waals surface area contributed by atoms with Crippen LogP contribution in [0.5, 0.6) is 0 Å². The third kappa shape index (κ3) is 14.1. The average Bonchev–Trinajstić information content (AvgIpc) is 3.46. The van der Waals surface area contributed by atoms with Gasteiger partial charge in [-0.05, 0) is 85.5 Å². The molecule has 4 heteroatoms. The van der Waals surface area contributed by atoms with Crippen molar-refractivity contribution in [2.24, 2.45) is 22.7 Å². The summed E-state index contributed by atoms with van der Waals surface area (Å²) in [6.07, 6.45) is 15.4. The summed E-state index contributed by atoms with van der Waals surface area (Å²) in [5, 5.41) is 12.8. The van der Waals surface area contributed by atoms with Gasteiger partial charge in [0.25, 0.3) is 0 Å². The highest BCUT2D eigenvalue weighted by Gasteiger charge is 2.54. The van der Waals surface area contributed by atoms with E-state index >= 15 is 0 Å². The summed E-state index contributed by atoms with van der Waals surface area (Å²) in [5.74, 6) is 4.58. The van der Waals surface area contributed by atoms with Crippen LogP contribution in [0.15, 0.2) is 0 Å². The van der Waals surface area contributed by atoms with Crippen molar-refractivity contribution in [1.29, 1.82) is 0 Å². The fourth-order valence-electron chi connectivity index (χ4n) is 5.96. The van der Waals surface area contributed by atoms with E-state index in [1.54, 1.807) is 0 Å². The highest BCUT2D eigenvalue weighted by molar-refractivity contribution is 7.99. The van der Waals surface area contributed by atoms with Crippen LogP contribution in [-0.2, 0) is 4.79 Å². The molecule has 1 amide bonds. The van der Waals surface area contributed by atoms with Crippen molar-refractivity contribution in [3.05, 3.63) is 0 Å². The maximum absolute atomic E-state index is 12.6. The summed E-state index contributed by atoms with van der Waals surface area (Å²) < 4.78 is 0. The molecule has 2 bridgehead atoms. The van der Waals surface area contributed by atoms with Crippen LogP contribution in [0.3, 0.4) is 0 Å². The molecule has 37 heavy (non-hydrogen) atoms. The van der Waals surface area contributed by atoms with Gasteiger partial charge in [0.15, 0.2) is 0 Å². The van der Waals surface area contributed by atoms with Gasteiger partial charge in [-0.1, -0.05) is 102 Å². The van der Waals surface area contributed by atoms with E-state index in [-0.39, 0.29) is 17.9 Å². The molecule has 2 N–H and O–H groups in total. The second kappa shape index (κ2) is 21.6. The van der Waals surface area contributed by atoms with Gasteiger partial charge in [0.1, 0.15) is 0 Å². The Balaban J connectivity index is 0. The fourth-order valence-corrected chi connectivity index (χ4v) is 7.22. The lowest BCUT2D eigenvalue weighted by Gasteiger charge is -2.33. The topological polar surface area (TPSA) is 49.3 Å². The van der Waals surface area contributed by atoms with E-state index < -0.39 is 5.54 Å². The second-order valence-electron chi connectivity index (χ2n) is 11.8. The largest absolute Gasteiger partial charge is 0.394 e. The molecule has 2 aliphatic carbocycles. The van der Waals surface area contributed by atoms with Crippen LogP contribution in [0.2, 0.25) is 0 Å². The average molecular weight is 544 g/mol. The summed E-state index contributed by atoms with van der Waals surface area (Å²) in [6.45, 7) is 23.6. The van der Waals surface area contributed by atoms with Crippen LogP contribution >= 0.6 is 11.8 Å². The molecule has 0 atom stereocenters. The van der Waals surface area contributed by atoms with Crippen LogP contribution in [0.1, 0.15) is 160 Å². The van der Waals surface area contributed by atoms with Crippen LogP contribution in [0.25, 0.3) is 0 Å². The predicted octanol–water partition coefficient (Wildman–Crippen LogP) is 10.0. The normalized spacial score (nSPS) is 22.0. The quantitative estimate of drug-likeness (QED) is 0.202. The molecule has 0 unspecified atom stereocenters. The lowest BCUT2D eigenvalue weighted by atomic mass is 9.80. The summed E-state index contributed by atoms with van der Waals surface area (Å²) >= 11 is 2.11. The lowest BCUT2D eigenvalue weighted by molar-refractivity contribution is -0.126. The second-order valence-corrected chi connectivity index (χ2v) is 12.9. The van der Waals surface area contributed by atoms with Gasteiger partial charge in [-0.2, -0.15) is 11.8 Å². The van der Waals surface area contributed by atoms with Crippen molar-refractivity contribution >= 4 is 17.7 Å². The Morgan fingerprint density at radius 3 is 1.81 bits per heavy atom. The molecule has 0 saturated heterocycles. The van der Waals surface area contributed by atoms with Crippen LogP contribution in [-0.4, -0.2) is 34.7 Å². The number of nitrogens with one attached hydrogen (secondary N) is 1. The van der Waals surface area contributed by atoms with E-state index in [4.69, 9.17) is 0 Å². The zero-order valence-electron chi connectivity index (χ0n) is 27.2. The molecule has 0 spiro atoms. The zero-order chi connectivity index (χ0) is 29.0. The molecule has 0 radical (unpaired) electrons. The Bertz CT molecular complexity index is 524. The molecule has 2 fully saturated rings. The third-order valence-electron chi connectivity index (χ3n) is 8.78. The molecule has 0 heterocycles. The van der Waals surface area contributed by atoms with Crippen molar-refractivity contribution in [2.45, 2.75) is 165 Å². The molecule has 0 aliphatic heterocycles. The van der Waals surface area contributed by atoms with Gasteiger partial charge in [-0.25, -0.2) is 0 Å². The molecule has 0 aromatic rings. The number of amides is 1. The molecule has 0 aromatic heterocycles. The number of aliphatic hydroxyl groups is 1. The fraction of sp³-hybridized carbons (Fsp3) is 0.970. The van der Waals surface area contributed by atoms with E-state index in [1.807, 2.05) is 41.5 Å².